The maximum atomic E-state index is 13.1. The van der Waals surface area contributed by atoms with E-state index in [0.717, 1.165) is 5.56 Å². The molecule has 3 nitrogen and oxygen atoms in total. The molecule has 1 atom stereocenters. The number of rotatable bonds is 6. The normalized spacial score (nSPS) is 16.6. The minimum atomic E-state index is -1.60. The van der Waals surface area contributed by atoms with E-state index >= 15 is 0 Å². The molecule has 0 saturated heterocycles. The molecule has 28 heavy (non-hydrogen) atoms. The van der Waals surface area contributed by atoms with E-state index in [1.54, 1.807) is 4.90 Å². The number of hydrogen-bond acceptors (Lipinski definition) is 2. The minimum Gasteiger partial charge on any atom is -0.410 e. The van der Waals surface area contributed by atoms with E-state index in [1.807, 2.05) is 48.5 Å². The Morgan fingerprint density at radius 1 is 0.929 bits per heavy atom. The van der Waals surface area contributed by atoms with Crippen LogP contribution in [0.4, 0.5) is 4.79 Å². The molecule has 0 fully saturated rings. The number of ether oxygens (including phenoxy) is 1. The number of nitrogens with zero attached hydrogens (tertiary/aromatic N) is 1. The molecule has 0 N–H and O–H groups in total. The monoisotopic (exact) mass is 391 g/mol. The molecular weight excluding hydrogens is 362 g/mol. The highest BCUT2D eigenvalue weighted by atomic mass is 28.3. The Kier molecular flexibility index (Phi) is 6.52. The van der Waals surface area contributed by atoms with Gasteiger partial charge in [-0.15, -0.1) is 0 Å². The second-order valence-electron chi connectivity index (χ2n) is 7.23. The van der Waals surface area contributed by atoms with E-state index in [0.29, 0.717) is 5.75 Å². The highest BCUT2D eigenvalue weighted by molar-refractivity contribution is 6.87. The van der Waals surface area contributed by atoms with Crippen LogP contribution in [0.2, 0.25) is 18.1 Å². The molecule has 0 saturated carbocycles. The first-order chi connectivity index (χ1) is 13.6. The standard InChI is InChI=1S/C24H29NO2Si/c1-4-28(5-2,6-3)22-17-18-23(20-13-9-7-10-14-20)25(19-22)24(26)27-21-15-11-8-12-16-21/h7-19,23H,4-6H2,1-3H3. The quantitative estimate of drug-likeness (QED) is 0.511. The fourth-order valence-electron chi connectivity index (χ4n) is 3.97. The number of para-hydroxylation sites is 1. The van der Waals surface area contributed by atoms with Crippen molar-refractivity contribution >= 4 is 14.2 Å². The Labute approximate surface area is 169 Å². The van der Waals surface area contributed by atoms with Crippen molar-refractivity contribution < 1.29 is 9.53 Å². The van der Waals surface area contributed by atoms with Crippen molar-refractivity contribution in [3.63, 3.8) is 0 Å². The van der Waals surface area contributed by atoms with Gasteiger partial charge in [0.25, 0.3) is 0 Å². The van der Waals surface area contributed by atoms with Crippen LogP contribution in [0.5, 0.6) is 5.75 Å². The lowest BCUT2D eigenvalue weighted by Gasteiger charge is -2.36. The van der Waals surface area contributed by atoms with Crippen molar-refractivity contribution in [2.24, 2.45) is 0 Å². The maximum absolute atomic E-state index is 13.1. The van der Waals surface area contributed by atoms with Crippen LogP contribution >= 0.6 is 0 Å². The van der Waals surface area contributed by atoms with E-state index in [2.05, 4.69) is 51.3 Å². The van der Waals surface area contributed by atoms with Gasteiger partial charge in [0.15, 0.2) is 0 Å². The first kappa shape index (κ1) is 20.1. The minimum absolute atomic E-state index is 0.154. The van der Waals surface area contributed by atoms with E-state index in [9.17, 15) is 4.79 Å². The molecule has 1 aliphatic heterocycles. The van der Waals surface area contributed by atoms with E-state index in [-0.39, 0.29) is 12.1 Å². The average molecular weight is 392 g/mol. The molecule has 1 heterocycles. The van der Waals surface area contributed by atoms with Gasteiger partial charge in [-0.3, -0.25) is 4.90 Å². The Balaban J connectivity index is 1.97. The largest absolute Gasteiger partial charge is 0.420 e. The third-order valence-electron chi connectivity index (χ3n) is 5.98. The van der Waals surface area contributed by atoms with Gasteiger partial charge in [-0.2, -0.15) is 0 Å². The van der Waals surface area contributed by atoms with Gasteiger partial charge in [0.05, 0.1) is 14.1 Å². The molecular formula is C24H29NO2Si. The summed E-state index contributed by atoms with van der Waals surface area (Å²) in [7, 11) is -1.60. The third kappa shape index (κ3) is 4.12. The van der Waals surface area contributed by atoms with Crippen LogP contribution in [0.1, 0.15) is 32.4 Å². The van der Waals surface area contributed by atoms with E-state index in [1.165, 1.54) is 23.3 Å². The smallest absolute Gasteiger partial charge is 0.410 e. The van der Waals surface area contributed by atoms with Gasteiger partial charge in [-0.1, -0.05) is 99.6 Å². The maximum Gasteiger partial charge on any atom is 0.420 e. The molecule has 0 radical (unpaired) electrons. The average Bonchev–Trinajstić information content (AvgIpc) is 2.76. The lowest BCUT2D eigenvalue weighted by atomic mass is 10.0. The van der Waals surface area contributed by atoms with Crippen LogP contribution < -0.4 is 4.74 Å². The summed E-state index contributed by atoms with van der Waals surface area (Å²) in [4.78, 5) is 14.9. The zero-order valence-electron chi connectivity index (χ0n) is 17.0. The van der Waals surface area contributed by atoms with Crippen molar-refractivity contribution in [1.82, 2.24) is 4.90 Å². The molecule has 0 spiro atoms. The fraction of sp³-hybridized carbons (Fsp3) is 0.292. The van der Waals surface area contributed by atoms with Gasteiger partial charge in [-0.05, 0) is 22.9 Å². The van der Waals surface area contributed by atoms with Gasteiger partial charge in [0, 0.05) is 6.20 Å². The highest BCUT2D eigenvalue weighted by Crippen LogP contribution is 2.36. The fourth-order valence-corrected chi connectivity index (χ4v) is 7.55. The lowest BCUT2D eigenvalue weighted by Crippen LogP contribution is -2.40. The third-order valence-corrected chi connectivity index (χ3v) is 11.6. The van der Waals surface area contributed by atoms with Gasteiger partial charge < -0.3 is 4.74 Å². The molecule has 2 aromatic rings. The Morgan fingerprint density at radius 2 is 1.50 bits per heavy atom. The van der Waals surface area contributed by atoms with E-state index < -0.39 is 8.07 Å². The number of hydrogen-bond donors (Lipinski definition) is 0. The molecule has 0 bridgehead atoms. The molecule has 0 aromatic heterocycles. The van der Waals surface area contributed by atoms with Crippen LogP contribution in [0.25, 0.3) is 0 Å². The molecule has 4 heteroatoms. The van der Waals surface area contributed by atoms with Crippen LogP contribution in [0.3, 0.4) is 0 Å². The summed E-state index contributed by atoms with van der Waals surface area (Å²) in [5.41, 5.74) is 1.08. The lowest BCUT2D eigenvalue weighted by molar-refractivity contribution is 0.161. The Hall–Kier alpha value is -2.59. The zero-order valence-corrected chi connectivity index (χ0v) is 18.0. The summed E-state index contributed by atoms with van der Waals surface area (Å²) in [6.07, 6.45) is 6.13. The second-order valence-corrected chi connectivity index (χ2v) is 12.5. The van der Waals surface area contributed by atoms with Gasteiger partial charge in [0.2, 0.25) is 0 Å². The molecule has 0 aliphatic carbocycles. The van der Waals surface area contributed by atoms with E-state index in [4.69, 9.17) is 4.74 Å². The summed E-state index contributed by atoms with van der Waals surface area (Å²) >= 11 is 0. The summed E-state index contributed by atoms with van der Waals surface area (Å²) < 4.78 is 5.69. The summed E-state index contributed by atoms with van der Waals surface area (Å²) in [5.74, 6) is 0.564. The van der Waals surface area contributed by atoms with Crippen molar-refractivity contribution in [3.8, 4) is 5.75 Å². The molecule has 1 aliphatic rings. The molecule has 2 aromatic carbocycles. The predicted molar refractivity (Wildman–Crippen MR) is 118 cm³/mol. The summed E-state index contributed by atoms with van der Waals surface area (Å²) in [6, 6.07) is 22.8. The molecule has 3 rings (SSSR count). The SMILES string of the molecule is CC[Si](CC)(CC)C1=CN(C(=O)Oc2ccccc2)C(c2ccccc2)C=C1. The van der Waals surface area contributed by atoms with Crippen molar-refractivity contribution in [1.29, 1.82) is 0 Å². The van der Waals surface area contributed by atoms with Gasteiger partial charge in [0.1, 0.15) is 5.75 Å². The first-order valence-corrected chi connectivity index (χ1v) is 12.8. The summed E-state index contributed by atoms with van der Waals surface area (Å²) in [6.45, 7) is 6.84. The van der Waals surface area contributed by atoms with Crippen LogP contribution in [-0.4, -0.2) is 19.1 Å². The molecule has 146 valence electrons. The van der Waals surface area contributed by atoms with Crippen molar-refractivity contribution in [2.75, 3.05) is 0 Å². The van der Waals surface area contributed by atoms with Crippen LogP contribution in [-0.2, 0) is 0 Å². The number of amides is 1. The number of carbonyl (C=O) groups excluding carboxylic acids is 1. The molecule has 1 amide bonds. The first-order valence-electron chi connectivity index (χ1n) is 10.1. The highest BCUT2D eigenvalue weighted by Gasteiger charge is 2.35. The predicted octanol–water partition coefficient (Wildman–Crippen LogP) is 6.73. The molecule has 1 unspecified atom stereocenters. The number of carbonyl (C=O) groups is 1. The summed E-state index contributed by atoms with van der Waals surface area (Å²) in [5, 5.41) is 1.33. The Bertz CT molecular complexity index is 833. The number of benzene rings is 2. The van der Waals surface area contributed by atoms with Crippen molar-refractivity contribution in [2.45, 2.75) is 44.9 Å². The second kappa shape index (κ2) is 9.07. The number of allylic oxidation sites excluding steroid dienone is 2. The van der Waals surface area contributed by atoms with Gasteiger partial charge in [-0.25, -0.2) is 4.79 Å². The van der Waals surface area contributed by atoms with Crippen LogP contribution in [0, 0.1) is 0 Å². The topological polar surface area (TPSA) is 29.5 Å². The zero-order chi connectivity index (χ0) is 20.0. The van der Waals surface area contributed by atoms with Gasteiger partial charge >= 0.3 is 6.09 Å². The van der Waals surface area contributed by atoms with Crippen molar-refractivity contribution in [3.05, 3.63) is 89.8 Å². The Morgan fingerprint density at radius 3 is 2.07 bits per heavy atom. The van der Waals surface area contributed by atoms with Crippen LogP contribution in [0.15, 0.2) is 84.2 Å².